The van der Waals surface area contributed by atoms with Crippen molar-refractivity contribution in [1.82, 2.24) is 10.6 Å². The number of hydrogen-bond donors (Lipinski definition) is 4. The van der Waals surface area contributed by atoms with Gasteiger partial charge in [-0.25, -0.2) is 0 Å². The fourth-order valence-corrected chi connectivity index (χ4v) is 5.25. The summed E-state index contributed by atoms with van der Waals surface area (Å²) in [5, 5.41) is 26.6. The van der Waals surface area contributed by atoms with E-state index < -0.39 is 12.2 Å². The van der Waals surface area contributed by atoms with Crippen molar-refractivity contribution >= 4 is 11.8 Å². The maximum atomic E-state index is 10.1. The lowest BCUT2D eigenvalue weighted by Crippen LogP contribution is -2.49. The van der Waals surface area contributed by atoms with E-state index in [1.165, 1.54) is 56.6 Å². The van der Waals surface area contributed by atoms with Gasteiger partial charge in [-0.05, 0) is 39.5 Å². The molecule has 1 rings (SSSR count). The lowest BCUT2D eigenvalue weighted by Gasteiger charge is -2.29. The first-order valence-electron chi connectivity index (χ1n) is 16.2. The summed E-state index contributed by atoms with van der Waals surface area (Å²) in [6.45, 7) is 36.3. The summed E-state index contributed by atoms with van der Waals surface area (Å²) in [5.74, 6) is 2.45. The van der Waals surface area contributed by atoms with Gasteiger partial charge in [-0.15, -0.1) is 19.7 Å². The monoisotopic (exact) mass is 597 g/mol. The first-order chi connectivity index (χ1) is 19.2. The standard InChI is InChI=1S/C23H44N2O2S.C7H14.C4H10.C2H4/c1-10-12-16(3)13-20(15-28-23(7,8)9)18(5)24-14-17(4)25-19(6)22(27)21(26)11-2;1-7-5-3-2-4-6-7;1-3-4-2;1-2/h11-12,17,19-22,24-27H,2,5,10,13-15H2,1,3-4,6-9H3;7H,2-6H2,1H3;3-4H2,1-2H3;1-2H2/b16-12+;;;/t17?,19-,20+,21-,22?;;;/m0.../s1. The summed E-state index contributed by atoms with van der Waals surface area (Å²) in [7, 11) is 0. The van der Waals surface area contributed by atoms with Gasteiger partial charge in [0.1, 0.15) is 0 Å². The molecule has 0 saturated heterocycles. The van der Waals surface area contributed by atoms with Crippen LogP contribution in [0.5, 0.6) is 0 Å². The Kier molecular flexibility index (Phi) is 30.1. The highest BCUT2D eigenvalue weighted by Crippen LogP contribution is 2.30. The average Bonchev–Trinajstić information content (AvgIpc) is 2.94. The van der Waals surface area contributed by atoms with Crippen molar-refractivity contribution in [3.8, 4) is 0 Å². The molecule has 5 heteroatoms. The third kappa shape index (κ3) is 27.6. The normalized spacial score (nSPS) is 17.5. The van der Waals surface area contributed by atoms with Gasteiger partial charge < -0.3 is 20.8 Å². The summed E-state index contributed by atoms with van der Waals surface area (Å²) in [4.78, 5) is 0. The van der Waals surface area contributed by atoms with Crippen LogP contribution in [-0.2, 0) is 0 Å². The highest BCUT2D eigenvalue weighted by molar-refractivity contribution is 8.00. The number of rotatable bonds is 15. The number of allylic oxidation sites excluding steroid dienone is 3. The molecular formula is C36H72N2O2S. The molecule has 1 aliphatic carbocycles. The van der Waals surface area contributed by atoms with Crippen LogP contribution < -0.4 is 10.6 Å². The average molecular weight is 597 g/mol. The highest BCUT2D eigenvalue weighted by Gasteiger charge is 2.23. The molecule has 2 unspecified atom stereocenters. The molecule has 4 N–H and O–H groups in total. The van der Waals surface area contributed by atoms with Crippen molar-refractivity contribution < 1.29 is 10.2 Å². The molecule has 0 aromatic carbocycles. The van der Waals surface area contributed by atoms with Crippen molar-refractivity contribution in [2.45, 2.75) is 156 Å². The Labute approximate surface area is 262 Å². The zero-order chi connectivity index (χ0) is 32.4. The number of nitrogens with one attached hydrogen (secondary N) is 2. The van der Waals surface area contributed by atoms with Crippen molar-refractivity contribution in [1.29, 1.82) is 0 Å². The number of aliphatic hydroxyl groups excluding tert-OH is 2. The van der Waals surface area contributed by atoms with E-state index in [2.05, 4.69) is 105 Å². The smallest absolute Gasteiger partial charge is 0.0992 e. The quantitative estimate of drug-likeness (QED) is 0.142. The maximum Gasteiger partial charge on any atom is 0.0992 e. The van der Waals surface area contributed by atoms with E-state index >= 15 is 0 Å². The summed E-state index contributed by atoms with van der Waals surface area (Å²) in [5.41, 5.74) is 2.47. The maximum absolute atomic E-state index is 10.1. The zero-order valence-corrected chi connectivity index (χ0v) is 29.8. The minimum Gasteiger partial charge on any atom is -0.388 e. The number of unbranched alkanes of at least 4 members (excludes halogenated alkanes) is 1. The molecule has 244 valence electrons. The predicted molar refractivity (Wildman–Crippen MR) is 190 cm³/mol. The molecule has 0 amide bonds. The summed E-state index contributed by atoms with van der Waals surface area (Å²) in [6, 6.07) is -0.110. The molecule has 0 radical (unpaired) electrons. The first kappa shape index (κ1) is 44.4. The van der Waals surface area contributed by atoms with E-state index in [1.807, 2.05) is 18.7 Å². The van der Waals surface area contributed by atoms with E-state index in [0.29, 0.717) is 12.5 Å². The van der Waals surface area contributed by atoms with E-state index in [9.17, 15) is 10.2 Å². The van der Waals surface area contributed by atoms with Crippen LogP contribution in [0.25, 0.3) is 0 Å². The van der Waals surface area contributed by atoms with Crippen LogP contribution in [0.15, 0.2) is 49.7 Å². The third-order valence-electron chi connectivity index (χ3n) is 7.01. The first-order valence-corrected chi connectivity index (χ1v) is 17.2. The molecule has 0 bridgehead atoms. The molecule has 41 heavy (non-hydrogen) atoms. The predicted octanol–water partition coefficient (Wildman–Crippen LogP) is 9.45. The molecule has 0 spiro atoms. The lowest BCUT2D eigenvalue weighted by atomic mass is 9.91. The van der Waals surface area contributed by atoms with Crippen molar-refractivity contribution in [2.24, 2.45) is 11.8 Å². The van der Waals surface area contributed by atoms with Crippen LogP contribution in [0.3, 0.4) is 0 Å². The van der Waals surface area contributed by atoms with E-state index in [0.717, 1.165) is 30.2 Å². The Bertz CT molecular complexity index is 650. The third-order valence-corrected chi connectivity index (χ3v) is 8.45. The topological polar surface area (TPSA) is 64.5 Å². The van der Waals surface area contributed by atoms with Gasteiger partial charge in [0.25, 0.3) is 0 Å². The molecule has 4 nitrogen and oxygen atoms in total. The van der Waals surface area contributed by atoms with Crippen molar-refractivity contribution in [2.75, 3.05) is 12.3 Å². The van der Waals surface area contributed by atoms with Crippen LogP contribution in [0.1, 0.15) is 127 Å². The second kappa shape index (κ2) is 27.8. The van der Waals surface area contributed by atoms with Crippen LogP contribution in [0.2, 0.25) is 0 Å². The second-order valence-electron chi connectivity index (χ2n) is 12.5. The van der Waals surface area contributed by atoms with Crippen LogP contribution in [-0.4, -0.2) is 51.5 Å². The molecule has 1 saturated carbocycles. The van der Waals surface area contributed by atoms with Gasteiger partial charge in [-0.3, -0.25) is 0 Å². The van der Waals surface area contributed by atoms with Gasteiger partial charge in [0, 0.05) is 40.7 Å². The van der Waals surface area contributed by atoms with Gasteiger partial charge in [-0.2, -0.15) is 11.8 Å². The van der Waals surface area contributed by atoms with Gasteiger partial charge in [0.2, 0.25) is 0 Å². The minimum absolute atomic E-state index is 0.126. The van der Waals surface area contributed by atoms with Crippen molar-refractivity contribution in [3.63, 3.8) is 0 Å². The van der Waals surface area contributed by atoms with Crippen LogP contribution in [0.4, 0.5) is 0 Å². The lowest BCUT2D eigenvalue weighted by molar-refractivity contribution is 0.0243. The van der Waals surface area contributed by atoms with Gasteiger partial charge in [-0.1, -0.05) is 118 Å². The van der Waals surface area contributed by atoms with E-state index in [-0.39, 0.29) is 16.8 Å². The molecule has 5 atom stereocenters. The molecule has 0 aliphatic heterocycles. The SMILES string of the molecule is C=C.C=C[C@H](O)C(O)[C@H](C)NC(C)CNC(=C)[C@@H](CSC(C)(C)C)C/C(C)=C/CC.CC1CCCCC1.CCCC. The fourth-order valence-electron chi connectivity index (χ4n) is 4.23. The number of aliphatic hydroxyl groups is 2. The Hall–Kier alpha value is -1.01. The highest BCUT2D eigenvalue weighted by atomic mass is 32.2. The summed E-state index contributed by atoms with van der Waals surface area (Å²) in [6.07, 6.45) is 14.0. The fraction of sp³-hybridized carbons (Fsp3) is 0.778. The Morgan fingerprint density at radius 2 is 1.56 bits per heavy atom. The van der Waals surface area contributed by atoms with E-state index in [1.54, 1.807) is 0 Å². The van der Waals surface area contributed by atoms with Crippen LogP contribution >= 0.6 is 11.8 Å². The van der Waals surface area contributed by atoms with Gasteiger partial charge in [0.15, 0.2) is 0 Å². The molecular weight excluding hydrogens is 524 g/mol. The zero-order valence-electron chi connectivity index (χ0n) is 29.0. The molecule has 1 aliphatic rings. The number of thioether (sulfide) groups is 1. The van der Waals surface area contributed by atoms with E-state index in [4.69, 9.17) is 0 Å². The van der Waals surface area contributed by atoms with Crippen LogP contribution in [0, 0.1) is 11.8 Å². The summed E-state index contributed by atoms with van der Waals surface area (Å²) >= 11 is 1.97. The molecule has 0 aromatic heterocycles. The molecule has 0 aromatic rings. The Balaban J connectivity index is -0.000000908. The molecule has 0 heterocycles. The largest absolute Gasteiger partial charge is 0.388 e. The Morgan fingerprint density at radius 1 is 1.02 bits per heavy atom. The van der Waals surface area contributed by atoms with Gasteiger partial charge >= 0.3 is 0 Å². The Morgan fingerprint density at radius 3 is 1.95 bits per heavy atom. The van der Waals surface area contributed by atoms with Crippen molar-refractivity contribution in [3.05, 3.63) is 49.7 Å². The second-order valence-corrected chi connectivity index (χ2v) is 14.4. The number of hydrogen-bond acceptors (Lipinski definition) is 5. The summed E-state index contributed by atoms with van der Waals surface area (Å²) < 4.78 is 0.229. The van der Waals surface area contributed by atoms with Gasteiger partial charge in [0.05, 0.1) is 12.2 Å². The minimum atomic E-state index is -0.926. The molecule has 1 fully saturated rings.